The summed E-state index contributed by atoms with van der Waals surface area (Å²) in [6.07, 6.45) is 1.05. The quantitative estimate of drug-likeness (QED) is 0.759. The van der Waals surface area contributed by atoms with Gasteiger partial charge in [0, 0.05) is 24.0 Å². The van der Waals surface area contributed by atoms with Gasteiger partial charge in [-0.2, -0.15) is 0 Å². The van der Waals surface area contributed by atoms with E-state index >= 15 is 0 Å². The van der Waals surface area contributed by atoms with Crippen LogP contribution in [0.15, 0.2) is 24.3 Å². The molecule has 3 rings (SSSR count). The van der Waals surface area contributed by atoms with Gasteiger partial charge >= 0.3 is 0 Å². The molecule has 0 aliphatic carbocycles. The Bertz CT molecular complexity index is 663. The number of aryl methyl sites for hydroxylation is 1. The van der Waals surface area contributed by atoms with Gasteiger partial charge in [-0.25, -0.2) is 0 Å². The first kappa shape index (κ1) is 18.5. The van der Waals surface area contributed by atoms with Crippen LogP contribution in [0.3, 0.4) is 0 Å². The second kappa shape index (κ2) is 7.37. The number of rotatable bonds is 5. The highest BCUT2D eigenvalue weighted by atomic mass is 79.9. The van der Waals surface area contributed by atoms with Crippen LogP contribution in [0.1, 0.15) is 38.4 Å². The molecule has 0 spiro atoms. The first-order chi connectivity index (χ1) is 10.6. The third kappa shape index (κ3) is 3.21. The lowest BCUT2D eigenvalue weighted by Gasteiger charge is -2.38. The van der Waals surface area contributed by atoms with Crippen molar-refractivity contribution in [1.82, 2.24) is 9.47 Å². The predicted octanol–water partition coefficient (Wildman–Crippen LogP) is 4.50. The van der Waals surface area contributed by atoms with Crippen LogP contribution < -0.4 is 0 Å². The van der Waals surface area contributed by atoms with Crippen molar-refractivity contribution in [2.75, 3.05) is 26.2 Å². The van der Waals surface area contributed by atoms with Gasteiger partial charge < -0.3 is 14.2 Å². The van der Waals surface area contributed by atoms with Gasteiger partial charge in [-0.15, -0.1) is 17.0 Å². The molecule has 1 aromatic heterocycles. The summed E-state index contributed by atoms with van der Waals surface area (Å²) < 4.78 is 8.78. The van der Waals surface area contributed by atoms with Gasteiger partial charge in [-0.3, -0.25) is 0 Å². The number of nitrogens with zero attached hydrogens (tertiary/aromatic N) is 2. The number of fused-ring (bicyclic) bond motifs is 3. The monoisotopic (exact) mass is 380 g/mol. The average molecular weight is 381 g/mol. The molecule has 1 aliphatic rings. The van der Waals surface area contributed by atoms with Gasteiger partial charge in [0.1, 0.15) is 5.60 Å². The van der Waals surface area contributed by atoms with E-state index in [1.807, 2.05) is 0 Å². The zero-order valence-electron chi connectivity index (χ0n) is 14.8. The van der Waals surface area contributed by atoms with Crippen LogP contribution in [0.25, 0.3) is 10.9 Å². The Morgan fingerprint density at radius 2 is 1.91 bits per heavy atom. The molecule has 4 heteroatoms. The van der Waals surface area contributed by atoms with E-state index in [1.54, 1.807) is 0 Å². The molecule has 0 amide bonds. The molecule has 0 radical (unpaired) electrons. The van der Waals surface area contributed by atoms with Crippen LogP contribution in [0, 0.1) is 6.92 Å². The lowest BCUT2D eigenvalue weighted by Crippen LogP contribution is -2.39. The minimum Gasteiger partial charge on any atom is -0.367 e. The van der Waals surface area contributed by atoms with Crippen LogP contribution in [-0.2, 0) is 16.9 Å². The molecule has 1 aromatic carbocycles. The molecule has 1 atom stereocenters. The molecule has 1 aliphatic heterocycles. The maximum Gasteiger partial charge on any atom is 0.107 e. The maximum absolute atomic E-state index is 6.29. The highest BCUT2D eigenvalue weighted by Crippen LogP contribution is 2.39. The summed E-state index contributed by atoms with van der Waals surface area (Å²) in [5.74, 6) is 0. The summed E-state index contributed by atoms with van der Waals surface area (Å²) >= 11 is 0. The number of aromatic nitrogens is 1. The Balaban J connectivity index is 0.00000192. The molecular weight excluding hydrogens is 352 g/mol. The van der Waals surface area contributed by atoms with E-state index in [1.165, 1.54) is 22.2 Å². The highest BCUT2D eigenvalue weighted by Gasteiger charge is 2.36. The Morgan fingerprint density at radius 1 is 1.22 bits per heavy atom. The van der Waals surface area contributed by atoms with Gasteiger partial charge in [-0.05, 0) is 45.0 Å². The number of para-hydroxylation sites is 1. The molecule has 0 saturated heterocycles. The summed E-state index contributed by atoms with van der Waals surface area (Å²) in [5.41, 5.74) is 3.95. The van der Waals surface area contributed by atoms with Crippen molar-refractivity contribution in [1.29, 1.82) is 0 Å². The van der Waals surface area contributed by atoms with E-state index in [0.29, 0.717) is 0 Å². The number of halogens is 1. The molecule has 0 fully saturated rings. The summed E-state index contributed by atoms with van der Waals surface area (Å²) in [4.78, 5) is 2.48. The van der Waals surface area contributed by atoms with Crippen molar-refractivity contribution < 1.29 is 4.74 Å². The molecule has 128 valence electrons. The zero-order chi connectivity index (χ0) is 15.7. The average Bonchev–Trinajstić information content (AvgIpc) is 2.83. The fraction of sp³-hybridized carbons (Fsp3) is 0.579. The smallest absolute Gasteiger partial charge is 0.107 e. The highest BCUT2D eigenvalue weighted by molar-refractivity contribution is 8.93. The minimum absolute atomic E-state index is 0. The second-order valence-corrected chi connectivity index (χ2v) is 6.50. The van der Waals surface area contributed by atoms with E-state index in [4.69, 9.17) is 4.74 Å². The van der Waals surface area contributed by atoms with Crippen LogP contribution in [0.4, 0.5) is 0 Å². The van der Waals surface area contributed by atoms with E-state index in [-0.39, 0.29) is 22.6 Å². The molecular formula is C19H29BrN2O. The van der Waals surface area contributed by atoms with Crippen LogP contribution >= 0.6 is 17.0 Å². The summed E-state index contributed by atoms with van der Waals surface area (Å²) in [7, 11) is 0. The molecule has 1 unspecified atom stereocenters. The van der Waals surface area contributed by atoms with Gasteiger partial charge in [-0.1, -0.05) is 32.0 Å². The van der Waals surface area contributed by atoms with Crippen LogP contribution in [0.5, 0.6) is 0 Å². The molecule has 2 heterocycles. The summed E-state index contributed by atoms with van der Waals surface area (Å²) in [6, 6.07) is 8.75. The van der Waals surface area contributed by atoms with E-state index in [0.717, 1.165) is 39.2 Å². The summed E-state index contributed by atoms with van der Waals surface area (Å²) in [5, 5.41) is 1.37. The van der Waals surface area contributed by atoms with E-state index < -0.39 is 0 Å². The van der Waals surface area contributed by atoms with Gasteiger partial charge in [0.2, 0.25) is 0 Å². The number of ether oxygens (including phenoxy) is 1. The SMILES string of the molecule is Br.CCN(CC)CCC1(C)OCCn2c1c(C)c1ccccc12. The van der Waals surface area contributed by atoms with E-state index in [9.17, 15) is 0 Å². The van der Waals surface area contributed by atoms with Crippen molar-refractivity contribution in [2.45, 2.75) is 46.3 Å². The Labute approximate surface area is 150 Å². The van der Waals surface area contributed by atoms with Crippen molar-refractivity contribution in [3.63, 3.8) is 0 Å². The molecule has 0 saturated carbocycles. The van der Waals surface area contributed by atoms with Gasteiger partial charge in [0.05, 0.1) is 12.3 Å². The Morgan fingerprint density at radius 3 is 2.61 bits per heavy atom. The predicted molar refractivity (Wildman–Crippen MR) is 103 cm³/mol. The lowest BCUT2D eigenvalue weighted by atomic mass is 9.92. The zero-order valence-corrected chi connectivity index (χ0v) is 16.5. The Kier molecular flexibility index (Phi) is 5.93. The first-order valence-corrected chi connectivity index (χ1v) is 8.55. The maximum atomic E-state index is 6.29. The Hall–Kier alpha value is -0.840. The topological polar surface area (TPSA) is 17.4 Å². The molecule has 23 heavy (non-hydrogen) atoms. The standard InChI is InChI=1S/C19H28N2O.BrH/c1-5-20(6-2)12-11-19(4)18-15(3)16-9-7-8-10-17(16)21(18)13-14-22-19;/h7-10H,5-6,11-14H2,1-4H3;1H. The van der Waals surface area contributed by atoms with Crippen molar-refractivity contribution in [3.8, 4) is 0 Å². The van der Waals surface area contributed by atoms with Crippen molar-refractivity contribution >= 4 is 27.9 Å². The lowest BCUT2D eigenvalue weighted by molar-refractivity contribution is -0.0734. The minimum atomic E-state index is -0.177. The normalized spacial score (nSPS) is 20.6. The fourth-order valence-corrected chi connectivity index (χ4v) is 3.92. The largest absolute Gasteiger partial charge is 0.367 e. The molecule has 3 nitrogen and oxygen atoms in total. The number of hydrogen-bond acceptors (Lipinski definition) is 2. The molecule has 2 aromatic rings. The first-order valence-electron chi connectivity index (χ1n) is 8.55. The number of benzene rings is 1. The third-order valence-corrected chi connectivity index (χ3v) is 5.26. The van der Waals surface area contributed by atoms with Gasteiger partial charge in [0.15, 0.2) is 0 Å². The second-order valence-electron chi connectivity index (χ2n) is 6.50. The van der Waals surface area contributed by atoms with Gasteiger partial charge in [0.25, 0.3) is 0 Å². The fourth-order valence-electron chi connectivity index (χ4n) is 3.92. The van der Waals surface area contributed by atoms with Crippen LogP contribution in [-0.4, -0.2) is 35.7 Å². The molecule has 0 bridgehead atoms. The van der Waals surface area contributed by atoms with Crippen LogP contribution in [0.2, 0.25) is 0 Å². The third-order valence-electron chi connectivity index (χ3n) is 5.26. The van der Waals surface area contributed by atoms with Crippen molar-refractivity contribution in [2.24, 2.45) is 0 Å². The summed E-state index contributed by atoms with van der Waals surface area (Å²) in [6.45, 7) is 14.1. The molecule has 0 N–H and O–H groups in total. The van der Waals surface area contributed by atoms with Crippen molar-refractivity contribution in [3.05, 3.63) is 35.5 Å². The van der Waals surface area contributed by atoms with E-state index in [2.05, 4.69) is 61.4 Å². The number of hydrogen-bond donors (Lipinski definition) is 0.